The van der Waals surface area contributed by atoms with Gasteiger partial charge in [0.1, 0.15) is 0 Å². The maximum atomic E-state index is 9.20. The minimum absolute atomic E-state index is 0.155. The van der Waals surface area contributed by atoms with Gasteiger partial charge in [0, 0.05) is 5.54 Å². The topological polar surface area (TPSA) is 32.3 Å². The van der Waals surface area contributed by atoms with Crippen LogP contribution in [0.2, 0.25) is 0 Å². The van der Waals surface area contributed by atoms with Gasteiger partial charge in [-0.15, -0.1) is 0 Å². The normalized spacial score (nSPS) is 43.1. The molecule has 2 nitrogen and oxygen atoms in total. The Hall–Kier alpha value is -0.0800. The Morgan fingerprint density at radius 1 is 1.21 bits per heavy atom. The number of hydrogen-bond acceptors (Lipinski definition) is 2. The van der Waals surface area contributed by atoms with Gasteiger partial charge >= 0.3 is 0 Å². The van der Waals surface area contributed by atoms with Crippen LogP contribution in [0, 0.1) is 17.8 Å². The van der Waals surface area contributed by atoms with Crippen LogP contribution < -0.4 is 5.32 Å². The van der Waals surface area contributed by atoms with E-state index in [0.29, 0.717) is 6.61 Å². The summed E-state index contributed by atoms with van der Waals surface area (Å²) < 4.78 is 0. The maximum Gasteiger partial charge on any atom is 0.0613 e. The third kappa shape index (κ3) is 1.49. The van der Waals surface area contributed by atoms with Gasteiger partial charge in [-0.3, -0.25) is 0 Å². The Kier molecular flexibility index (Phi) is 2.10. The van der Waals surface area contributed by atoms with Crippen LogP contribution in [-0.4, -0.2) is 23.8 Å². The third-order valence-corrected chi connectivity index (χ3v) is 4.78. The summed E-state index contributed by atoms with van der Waals surface area (Å²) in [4.78, 5) is 0. The lowest BCUT2D eigenvalue weighted by Gasteiger charge is -2.24. The molecule has 0 radical (unpaired) electrons. The number of aliphatic hydroxyl groups excluding tert-OH is 1. The molecule has 3 fully saturated rings. The highest BCUT2D eigenvalue weighted by Crippen LogP contribution is 2.48. The average molecular weight is 195 g/mol. The fourth-order valence-electron chi connectivity index (χ4n) is 3.52. The van der Waals surface area contributed by atoms with Crippen LogP contribution in [0.1, 0.15) is 38.5 Å². The van der Waals surface area contributed by atoms with Crippen molar-refractivity contribution in [1.82, 2.24) is 5.32 Å². The van der Waals surface area contributed by atoms with Crippen LogP contribution >= 0.6 is 0 Å². The molecule has 0 amide bonds. The van der Waals surface area contributed by atoms with Crippen molar-refractivity contribution in [2.45, 2.75) is 44.1 Å². The molecular weight excluding hydrogens is 174 g/mol. The van der Waals surface area contributed by atoms with E-state index >= 15 is 0 Å². The van der Waals surface area contributed by atoms with Crippen LogP contribution in [0.5, 0.6) is 0 Å². The van der Waals surface area contributed by atoms with Crippen molar-refractivity contribution in [3.8, 4) is 0 Å². The Labute approximate surface area is 86.1 Å². The first-order valence-corrected chi connectivity index (χ1v) is 6.17. The predicted molar refractivity (Wildman–Crippen MR) is 56.0 cm³/mol. The summed E-state index contributed by atoms with van der Waals surface area (Å²) >= 11 is 0. The molecule has 14 heavy (non-hydrogen) atoms. The molecule has 3 aliphatic rings. The van der Waals surface area contributed by atoms with Gasteiger partial charge in [0.25, 0.3) is 0 Å². The molecule has 0 heterocycles. The number of nitrogens with one attached hydrogen (secondary N) is 1. The van der Waals surface area contributed by atoms with Crippen LogP contribution in [0.25, 0.3) is 0 Å². The van der Waals surface area contributed by atoms with Gasteiger partial charge in [-0.2, -0.15) is 0 Å². The zero-order valence-electron chi connectivity index (χ0n) is 8.84. The predicted octanol–water partition coefficient (Wildman–Crippen LogP) is 1.54. The molecule has 3 saturated carbocycles. The zero-order chi connectivity index (χ0) is 9.60. The molecule has 3 aliphatic carbocycles. The quantitative estimate of drug-likeness (QED) is 0.713. The smallest absolute Gasteiger partial charge is 0.0613 e. The summed E-state index contributed by atoms with van der Waals surface area (Å²) in [7, 11) is 0. The van der Waals surface area contributed by atoms with E-state index in [2.05, 4.69) is 5.32 Å². The van der Waals surface area contributed by atoms with Crippen LogP contribution in [0.3, 0.4) is 0 Å². The summed E-state index contributed by atoms with van der Waals surface area (Å²) in [5.41, 5.74) is 0.155. The van der Waals surface area contributed by atoms with Crippen molar-refractivity contribution >= 4 is 0 Å². The summed E-state index contributed by atoms with van der Waals surface area (Å²) in [5.74, 6) is 3.00. The summed E-state index contributed by atoms with van der Waals surface area (Å²) in [6.07, 6.45) is 8.29. The van der Waals surface area contributed by atoms with Gasteiger partial charge in [0.05, 0.1) is 6.61 Å². The number of fused-ring (bicyclic) bond motifs is 2. The molecule has 0 spiro atoms. The van der Waals surface area contributed by atoms with E-state index in [0.717, 1.165) is 17.8 Å². The van der Waals surface area contributed by atoms with Gasteiger partial charge < -0.3 is 10.4 Å². The second-order valence-corrected chi connectivity index (χ2v) is 5.75. The second kappa shape index (κ2) is 3.21. The number of hydrogen-bond donors (Lipinski definition) is 2. The van der Waals surface area contributed by atoms with E-state index < -0.39 is 0 Å². The van der Waals surface area contributed by atoms with Crippen molar-refractivity contribution < 1.29 is 5.11 Å². The standard InChI is InChI=1S/C12H21NO/c14-8-12(3-4-12)13-7-11-6-9-1-2-10(11)5-9/h9-11,13-14H,1-8H2. The Balaban J connectivity index is 1.49. The van der Waals surface area contributed by atoms with Crippen LogP contribution in [-0.2, 0) is 0 Å². The van der Waals surface area contributed by atoms with E-state index in [9.17, 15) is 5.11 Å². The lowest BCUT2D eigenvalue weighted by atomic mass is 9.88. The fraction of sp³-hybridized carbons (Fsp3) is 1.00. The summed E-state index contributed by atoms with van der Waals surface area (Å²) in [6, 6.07) is 0. The Bertz CT molecular complexity index is 224. The average Bonchev–Trinajstić information content (AvgIpc) is 2.69. The van der Waals surface area contributed by atoms with Crippen molar-refractivity contribution in [1.29, 1.82) is 0 Å². The molecule has 2 bridgehead atoms. The largest absolute Gasteiger partial charge is 0.394 e. The molecule has 0 aromatic rings. The molecular formula is C12H21NO. The lowest BCUT2D eigenvalue weighted by Crippen LogP contribution is -2.39. The SMILES string of the molecule is OCC1(NCC2CC3CCC2C3)CC1. The van der Waals surface area contributed by atoms with Crippen molar-refractivity contribution in [2.75, 3.05) is 13.2 Å². The molecule has 0 aliphatic heterocycles. The molecule has 0 aromatic carbocycles. The molecule has 3 rings (SSSR count). The van der Waals surface area contributed by atoms with Gasteiger partial charge in [0.2, 0.25) is 0 Å². The zero-order valence-corrected chi connectivity index (χ0v) is 8.84. The number of aliphatic hydroxyl groups is 1. The first-order chi connectivity index (χ1) is 6.81. The Morgan fingerprint density at radius 2 is 2.07 bits per heavy atom. The van der Waals surface area contributed by atoms with Gasteiger partial charge in [-0.1, -0.05) is 6.42 Å². The first kappa shape index (κ1) is 9.17. The second-order valence-electron chi connectivity index (χ2n) is 5.75. The van der Waals surface area contributed by atoms with Crippen LogP contribution in [0.4, 0.5) is 0 Å². The highest BCUT2D eigenvalue weighted by Gasteiger charge is 2.44. The van der Waals surface area contributed by atoms with Crippen molar-refractivity contribution in [3.63, 3.8) is 0 Å². The van der Waals surface area contributed by atoms with Crippen molar-refractivity contribution in [2.24, 2.45) is 17.8 Å². The van der Waals surface area contributed by atoms with E-state index in [1.54, 1.807) is 0 Å². The molecule has 0 aromatic heterocycles. The summed E-state index contributed by atoms with van der Waals surface area (Å²) in [6.45, 7) is 1.51. The van der Waals surface area contributed by atoms with Crippen LogP contribution in [0.15, 0.2) is 0 Å². The van der Waals surface area contributed by atoms with E-state index in [1.165, 1.54) is 45.1 Å². The molecule has 80 valence electrons. The number of rotatable bonds is 4. The Morgan fingerprint density at radius 3 is 2.57 bits per heavy atom. The minimum atomic E-state index is 0.155. The highest BCUT2D eigenvalue weighted by atomic mass is 16.3. The van der Waals surface area contributed by atoms with Gasteiger partial charge in [-0.25, -0.2) is 0 Å². The third-order valence-electron chi connectivity index (χ3n) is 4.78. The fourth-order valence-corrected chi connectivity index (χ4v) is 3.52. The van der Waals surface area contributed by atoms with Crippen molar-refractivity contribution in [3.05, 3.63) is 0 Å². The lowest BCUT2D eigenvalue weighted by molar-refractivity contribution is 0.214. The summed E-state index contributed by atoms with van der Waals surface area (Å²) in [5, 5.41) is 12.8. The highest BCUT2D eigenvalue weighted by molar-refractivity contribution is 5.02. The van der Waals surface area contributed by atoms with Gasteiger partial charge in [0.15, 0.2) is 0 Å². The first-order valence-electron chi connectivity index (χ1n) is 6.17. The molecule has 3 atom stereocenters. The molecule has 2 heteroatoms. The van der Waals surface area contributed by atoms with E-state index in [-0.39, 0.29) is 5.54 Å². The molecule has 0 saturated heterocycles. The van der Waals surface area contributed by atoms with E-state index in [4.69, 9.17) is 0 Å². The molecule has 3 unspecified atom stereocenters. The van der Waals surface area contributed by atoms with Gasteiger partial charge in [-0.05, 0) is 56.4 Å². The monoisotopic (exact) mass is 195 g/mol. The maximum absolute atomic E-state index is 9.20. The van der Waals surface area contributed by atoms with E-state index in [1.807, 2.05) is 0 Å². The molecule has 2 N–H and O–H groups in total. The minimum Gasteiger partial charge on any atom is -0.394 e.